The van der Waals surface area contributed by atoms with E-state index in [4.69, 9.17) is 4.74 Å². The van der Waals surface area contributed by atoms with Crippen LogP contribution in [0.5, 0.6) is 0 Å². The third-order valence-electron chi connectivity index (χ3n) is 5.15. The molecule has 10 nitrogen and oxygen atoms in total. The van der Waals surface area contributed by atoms with Crippen molar-refractivity contribution in [3.63, 3.8) is 0 Å². The van der Waals surface area contributed by atoms with Gasteiger partial charge >= 0.3 is 0 Å². The standard InChI is InChI=1S/C18H25N5O5/c1-14(24)21-4-6-22(7-5-21)15-2-3-17(23(26)27)16(12-15)19-18(25)13-20-8-10-28-11-9-20/h2-3,12H,4-11,13H2,1H3,(H,19,25)/p+1. The first-order valence-corrected chi connectivity index (χ1v) is 9.44. The summed E-state index contributed by atoms with van der Waals surface area (Å²) in [7, 11) is 0. The zero-order chi connectivity index (χ0) is 20.1. The third kappa shape index (κ3) is 4.96. The van der Waals surface area contributed by atoms with Crippen LogP contribution in [-0.4, -0.2) is 80.7 Å². The van der Waals surface area contributed by atoms with Crippen molar-refractivity contribution in [1.29, 1.82) is 0 Å². The number of nitrogens with one attached hydrogen (secondary N) is 2. The molecule has 0 bridgehead atoms. The highest BCUT2D eigenvalue weighted by atomic mass is 16.6. The zero-order valence-electron chi connectivity index (χ0n) is 16.0. The number of carbonyl (C=O) groups excluding carboxylic acids is 2. The molecule has 2 saturated heterocycles. The minimum atomic E-state index is -0.491. The lowest BCUT2D eigenvalue weighted by Gasteiger charge is -2.35. The maximum absolute atomic E-state index is 12.4. The molecule has 1 aromatic carbocycles. The Hall–Kier alpha value is -2.72. The lowest BCUT2D eigenvalue weighted by molar-refractivity contribution is -0.899. The number of hydrogen-bond acceptors (Lipinski definition) is 6. The SMILES string of the molecule is CC(=O)N1CCN(c2ccc([N+](=O)[O-])c(NC(=O)C[NH+]3CCOCC3)c2)CC1. The van der Waals surface area contributed by atoms with Crippen LogP contribution >= 0.6 is 0 Å². The monoisotopic (exact) mass is 392 g/mol. The Bertz CT molecular complexity index is 742. The summed E-state index contributed by atoms with van der Waals surface area (Å²) in [5.74, 6) is -0.208. The van der Waals surface area contributed by atoms with E-state index in [2.05, 4.69) is 10.2 Å². The number of ether oxygens (including phenoxy) is 1. The van der Waals surface area contributed by atoms with Gasteiger partial charge in [-0.2, -0.15) is 0 Å². The molecule has 0 radical (unpaired) electrons. The van der Waals surface area contributed by atoms with E-state index in [1.807, 2.05) is 0 Å². The van der Waals surface area contributed by atoms with E-state index in [1.54, 1.807) is 24.0 Å². The number of nitro benzene ring substituents is 1. The average molecular weight is 392 g/mol. The molecule has 3 rings (SSSR count). The van der Waals surface area contributed by atoms with E-state index in [0.717, 1.165) is 23.7 Å². The second-order valence-electron chi connectivity index (χ2n) is 7.04. The van der Waals surface area contributed by atoms with Crippen LogP contribution in [0.4, 0.5) is 17.1 Å². The molecular formula is C18H26N5O5+. The smallest absolute Gasteiger partial charge is 0.292 e. The molecule has 1 aromatic rings. The highest BCUT2D eigenvalue weighted by Gasteiger charge is 2.24. The number of piperazine rings is 1. The fourth-order valence-corrected chi connectivity index (χ4v) is 3.52. The molecule has 0 atom stereocenters. The van der Waals surface area contributed by atoms with Crippen molar-refractivity contribution in [2.75, 3.05) is 69.2 Å². The van der Waals surface area contributed by atoms with Crippen LogP contribution in [0, 0.1) is 10.1 Å². The normalized spacial score (nSPS) is 18.0. The summed E-state index contributed by atoms with van der Waals surface area (Å²) in [6, 6.07) is 4.75. The van der Waals surface area contributed by atoms with Crippen LogP contribution < -0.4 is 15.1 Å². The molecule has 2 amide bonds. The van der Waals surface area contributed by atoms with E-state index in [-0.39, 0.29) is 29.7 Å². The molecule has 2 N–H and O–H groups in total. The Morgan fingerprint density at radius 3 is 2.50 bits per heavy atom. The van der Waals surface area contributed by atoms with Gasteiger partial charge in [-0.05, 0) is 12.1 Å². The van der Waals surface area contributed by atoms with Crippen LogP contribution in [0.2, 0.25) is 0 Å². The largest absolute Gasteiger partial charge is 0.370 e. The molecule has 0 saturated carbocycles. The number of nitro groups is 1. The number of quaternary nitrogens is 1. The number of benzene rings is 1. The van der Waals surface area contributed by atoms with Crippen LogP contribution in [0.1, 0.15) is 6.92 Å². The highest BCUT2D eigenvalue weighted by molar-refractivity contribution is 5.94. The van der Waals surface area contributed by atoms with E-state index in [0.29, 0.717) is 39.4 Å². The van der Waals surface area contributed by atoms with Crippen molar-refractivity contribution in [1.82, 2.24) is 4.90 Å². The van der Waals surface area contributed by atoms with Gasteiger partial charge < -0.3 is 24.8 Å². The number of amides is 2. The molecule has 0 spiro atoms. The predicted molar refractivity (Wildman–Crippen MR) is 103 cm³/mol. The quantitative estimate of drug-likeness (QED) is 0.497. The Morgan fingerprint density at radius 2 is 1.89 bits per heavy atom. The fraction of sp³-hybridized carbons (Fsp3) is 0.556. The van der Waals surface area contributed by atoms with Crippen molar-refractivity contribution in [2.45, 2.75) is 6.92 Å². The molecule has 2 fully saturated rings. The summed E-state index contributed by atoms with van der Waals surface area (Å²) in [6.45, 7) is 7.02. The van der Waals surface area contributed by atoms with E-state index >= 15 is 0 Å². The van der Waals surface area contributed by atoms with E-state index in [9.17, 15) is 19.7 Å². The number of rotatable bonds is 5. The second-order valence-corrected chi connectivity index (χ2v) is 7.04. The van der Waals surface area contributed by atoms with Gasteiger partial charge in [0.15, 0.2) is 6.54 Å². The van der Waals surface area contributed by atoms with Crippen LogP contribution in [-0.2, 0) is 14.3 Å². The van der Waals surface area contributed by atoms with Gasteiger partial charge in [-0.3, -0.25) is 19.7 Å². The summed E-state index contributed by atoms with van der Waals surface area (Å²) in [5, 5.41) is 14.1. The number of carbonyl (C=O) groups is 2. The van der Waals surface area contributed by atoms with Gasteiger partial charge in [-0.1, -0.05) is 0 Å². The molecular weight excluding hydrogens is 366 g/mol. The maximum Gasteiger partial charge on any atom is 0.292 e. The zero-order valence-corrected chi connectivity index (χ0v) is 16.0. The highest BCUT2D eigenvalue weighted by Crippen LogP contribution is 2.30. The van der Waals surface area contributed by atoms with Gasteiger partial charge in [-0.15, -0.1) is 0 Å². The maximum atomic E-state index is 12.4. The minimum absolute atomic E-state index is 0.0434. The molecule has 0 unspecified atom stereocenters. The Morgan fingerprint density at radius 1 is 1.21 bits per heavy atom. The van der Waals surface area contributed by atoms with Gasteiger partial charge in [0.2, 0.25) is 5.91 Å². The molecule has 2 aliphatic heterocycles. The molecule has 0 aliphatic carbocycles. The lowest BCUT2D eigenvalue weighted by atomic mass is 10.2. The van der Waals surface area contributed by atoms with Gasteiger partial charge in [-0.25, -0.2) is 0 Å². The molecule has 10 heteroatoms. The van der Waals surface area contributed by atoms with Gasteiger partial charge in [0.05, 0.1) is 18.1 Å². The second kappa shape index (κ2) is 8.98. The average Bonchev–Trinajstić information content (AvgIpc) is 2.68. The minimum Gasteiger partial charge on any atom is -0.370 e. The first kappa shape index (κ1) is 20.0. The molecule has 28 heavy (non-hydrogen) atoms. The molecule has 2 aliphatic rings. The van der Waals surface area contributed by atoms with Crippen LogP contribution in [0.15, 0.2) is 18.2 Å². The summed E-state index contributed by atoms with van der Waals surface area (Å²) in [4.78, 5) is 39.7. The number of hydrogen-bond donors (Lipinski definition) is 2. The van der Waals surface area contributed by atoms with Crippen molar-refractivity contribution in [2.24, 2.45) is 0 Å². The fourth-order valence-electron chi connectivity index (χ4n) is 3.52. The van der Waals surface area contributed by atoms with Gasteiger partial charge in [0.1, 0.15) is 18.8 Å². The summed E-state index contributed by atoms with van der Waals surface area (Å²) >= 11 is 0. The third-order valence-corrected chi connectivity index (χ3v) is 5.15. The van der Waals surface area contributed by atoms with E-state index in [1.165, 1.54) is 6.07 Å². The summed E-state index contributed by atoms with van der Waals surface area (Å²) in [6.07, 6.45) is 0. The van der Waals surface area contributed by atoms with Crippen LogP contribution in [0.25, 0.3) is 0 Å². The van der Waals surface area contributed by atoms with E-state index < -0.39 is 4.92 Å². The molecule has 152 valence electrons. The molecule has 0 aromatic heterocycles. The van der Waals surface area contributed by atoms with Crippen molar-refractivity contribution in [3.05, 3.63) is 28.3 Å². The summed E-state index contributed by atoms with van der Waals surface area (Å²) in [5.41, 5.74) is 0.869. The first-order valence-electron chi connectivity index (χ1n) is 9.44. The van der Waals surface area contributed by atoms with Crippen LogP contribution in [0.3, 0.4) is 0 Å². The Kier molecular flexibility index (Phi) is 6.42. The van der Waals surface area contributed by atoms with Crippen molar-refractivity contribution in [3.8, 4) is 0 Å². The number of anilines is 2. The molecule has 2 heterocycles. The lowest BCUT2D eigenvalue weighted by Crippen LogP contribution is -3.15. The van der Waals surface area contributed by atoms with Crippen molar-refractivity contribution < 1.29 is 24.1 Å². The predicted octanol–water partition coefficient (Wildman–Crippen LogP) is -0.883. The number of morpholine rings is 1. The topological polar surface area (TPSA) is 109 Å². The van der Waals surface area contributed by atoms with Gasteiger partial charge in [0, 0.05) is 44.9 Å². The first-order chi connectivity index (χ1) is 13.4. The number of nitrogens with zero attached hydrogens (tertiary/aromatic N) is 3. The Labute approximate surface area is 163 Å². The van der Waals surface area contributed by atoms with Crippen molar-refractivity contribution >= 4 is 28.9 Å². The Balaban J connectivity index is 1.70. The van der Waals surface area contributed by atoms with Gasteiger partial charge in [0.25, 0.3) is 11.6 Å². The summed E-state index contributed by atoms with van der Waals surface area (Å²) < 4.78 is 5.28.